The van der Waals surface area contributed by atoms with Crippen LogP contribution in [0.2, 0.25) is 0 Å². The number of ketones is 1. The van der Waals surface area contributed by atoms with Crippen molar-refractivity contribution in [2.24, 2.45) is 0 Å². The summed E-state index contributed by atoms with van der Waals surface area (Å²) in [7, 11) is 0. The van der Waals surface area contributed by atoms with E-state index in [0.29, 0.717) is 11.6 Å². The Morgan fingerprint density at radius 2 is 1.79 bits per heavy atom. The van der Waals surface area contributed by atoms with Gasteiger partial charge in [-0.25, -0.2) is 0 Å². The second-order valence-electron chi connectivity index (χ2n) is 10.5. The first kappa shape index (κ1) is 21.9. The van der Waals surface area contributed by atoms with Crippen LogP contribution < -0.4 is 4.90 Å². The summed E-state index contributed by atoms with van der Waals surface area (Å²) < 4.78 is 0. The second-order valence-corrected chi connectivity index (χ2v) is 10.5. The molecule has 0 spiro atoms. The van der Waals surface area contributed by atoms with Crippen LogP contribution in [0.5, 0.6) is 0 Å². The molecule has 0 radical (unpaired) electrons. The van der Waals surface area contributed by atoms with Gasteiger partial charge in [-0.3, -0.25) is 9.69 Å². The molecule has 4 nitrogen and oxygen atoms in total. The lowest BCUT2D eigenvalue weighted by Gasteiger charge is -2.40. The zero-order chi connectivity index (χ0) is 23.5. The smallest absolute Gasteiger partial charge is 0.193 e. The summed E-state index contributed by atoms with van der Waals surface area (Å²) >= 11 is 0. The van der Waals surface area contributed by atoms with E-state index in [-0.39, 0.29) is 11.2 Å². The van der Waals surface area contributed by atoms with E-state index >= 15 is 0 Å². The Morgan fingerprint density at radius 1 is 1.06 bits per heavy atom. The van der Waals surface area contributed by atoms with Crippen molar-refractivity contribution in [3.05, 3.63) is 69.3 Å². The zero-order valence-corrected chi connectivity index (χ0v) is 20.5. The summed E-state index contributed by atoms with van der Waals surface area (Å²) in [5.74, 6) is 0.147. The highest BCUT2D eigenvalue weighted by molar-refractivity contribution is 6.33. The minimum absolute atomic E-state index is 0.147. The molecule has 33 heavy (non-hydrogen) atoms. The van der Waals surface area contributed by atoms with Gasteiger partial charge in [0.05, 0.1) is 11.6 Å². The number of Topliss-reactive ketones (excluding diaryl/α,β-unsaturated/α-hetero) is 1. The summed E-state index contributed by atoms with van der Waals surface area (Å²) in [6.07, 6.45) is 1.66. The molecule has 0 aromatic heterocycles. The maximum Gasteiger partial charge on any atom is 0.193 e. The lowest BCUT2D eigenvalue weighted by molar-refractivity contribution is 0.105. The van der Waals surface area contributed by atoms with Gasteiger partial charge in [-0.1, -0.05) is 26.8 Å². The second kappa shape index (κ2) is 7.85. The van der Waals surface area contributed by atoms with Crippen LogP contribution in [-0.4, -0.2) is 42.9 Å². The number of carbonyl (C=O) groups is 1. The van der Waals surface area contributed by atoms with E-state index in [1.807, 2.05) is 18.2 Å². The molecule has 1 saturated heterocycles. The van der Waals surface area contributed by atoms with Gasteiger partial charge in [-0.05, 0) is 78.8 Å². The third-order valence-corrected chi connectivity index (χ3v) is 8.06. The Morgan fingerprint density at radius 3 is 2.42 bits per heavy atom. The van der Waals surface area contributed by atoms with E-state index in [1.54, 1.807) is 0 Å². The van der Waals surface area contributed by atoms with E-state index in [2.05, 4.69) is 62.6 Å². The predicted octanol–water partition coefficient (Wildman–Crippen LogP) is 5.13. The number of anilines is 1. The molecule has 2 aromatic rings. The molecule has 170 valence electrons. The highest BCUT2D eigenvalue weighted by Gasteiger charge is 2.43. The lowest BCUT2D eigenvalue weighted by Crippen LogP contribution is -2.49. The van der Waals surface area contributed by atoms with Crippen molar-refractivity contribution in [1.29, 1.82) is 5.26 Å². The van der Waals surface area contributed by atoms with E-state index in [4.69, 9.17) is 0 Å². The van der Waals surface area contributed by atoms with Crippen molar-refractivity contribution in [1.82, 2.24) is 4.90 Å². The number of rotatable bonds is 3. The Bertz CT molecular complexity index is 1220. The van der Waals surface area contributed by atoms with Crippen LogP contribution in [0.4, 0.5) is 5.69 Å². The topological polar surface area (TPSA) is 47.3 Å². The highest BCUT2D eigenvalue weighted by Crippen LogP contribution is 2.51. The van der Waals surface area contributed by atoms with Crippen molar-refractivity contribution in [3.8, 4) is 6.07 Å². The van der Waals surface area contributed by atoms with Gasteiger partial charge >= 0.3 is 0 Å². The van der Waals surface area contributed by atoms with Gasteiger partial charge in [0.1, 0.15) is 0 Å². The number of allylic oxidation sites excluding steroid dienone is 2. The van der Waals surface area contributed by atoms with Crippen LogP contribution in [-0.2, 0) is 18.3 Å². The van der Waals surface area contributed by atoms with Crippen molar-refractivity contribution >= 4 is 17.0 Å². The number of nitrogens with zero attached hydrogens (tertiary/aromatic N) is 3. The third-order valence-electron chi connectivity index (χ3n) is 8.06. The summed E-state index contributed by atoms with van der Waals surface area (Å²) in [6, 6.07) is 13.1. The lowest BCUT2D eigenvalue weighted by atomic mass is 9.68. The average Bonchev–Trinajstić information content (AvgIpc) is 3.22. The molecule has 2 aliphatic carbocycles. The minimum atomic E-state index is -0.231. The molecule has 0 atom stereocenters. The number of aryl methyl sites for hydroxylation is 1. The summed E-state index contributed by atoms with van der Waals surface area (Å²) in [4.78, 5) is 18.9. The Hall–Kier alpha value is -2.90. The molecule has 1 aliphatic heterocycles. The first-order valence-corrected chi connectivity index (χ1v) is 12.2. The van der Waals surface area contributed by atoms with Crippen molar-refractivity contribution in [3.63, 3.8) is 0 Å². The fraction of sp³-hybridized carbons (Fsp3) is 0.448. The van der Waals surface area contributed by atoms with Gasteiger partial charge in [0.15, 0.2) is 5.78 Å². The fourth-order valence-corrected chi connectivity index (χ4v) is 5.98. The van der Waals surface area contributed by atoms with Gasteiger partial charge in [0.25, 0.3) is 0 Å². The summed E-state index contributed by atoms with van der Waals surface area (Å²) in [5.41, 5.74) is 9.18. The number of piperazine rings is 1. The van der Waals surface area contributed by atoms with Crippen LogP contribution in [0.15, 0.2) is 35.9 Å². The maximum absolute atomic E-state index is 13.8. The predicted molar refractivity (Wildman–Crippen MR) is 134 cm³/mol. The molecule has 0 amide bonds. The number of fused-ring (bicyclic) bond motifs is 3. The van der Waals surface area contributed by atoms with Crippen LogP contribution in [0.1, 0.15) is 72.8 Å². The average molecular weight is 440 g/mol. The van der Waals surface area contributed by atoms with Gasteiger partial charge < -0.3 is 4.90 Å². The van der Waals surface area contributed by atoms with Crippen molar-refractivity contribution < 1.29 is 4.79 Å². The molecule has 3 aliphatic rings. The van der Waals surface area contributed by atoms with Crippen LogP contribution >= 0.6 is 0 Å². The van der Waals surface area contributed by atoms with E-state index in [9.17, 15) is 10.1 Å². The first-order chi connectivity index (χ1) is 15.8. The quantitative estimate of drug-likeness (QED) is 0.665. The van der Waals surface area contributed by atoms with Crippen molar-refractivity contribution in [2.45, 2.75) is 58.9 Å². The molecule has 0 bridgehead atoms. The summed E-state index contributed by atoms with van der Waals surface area (Å²) in [5, 5.41) is 9.34. The van der Waals surface area contributed by atoms with Crippen molar-refractivity contribution in [2.75, 3.05) is 31.1 Å². The van der Waals surface area contributed by atoms with Gasteiger partial charge in [0.2, 0.25) is 0 Å². The van der Waals surface area contributed by atoms with E-state index in [1.165, 1.54) is 16.8 Å². The normalized spacial score (nSPS) is 19.4. The first-order valence-electron chi connectivity index (χ1n) is 12.2. The maximum atomic E-state index is 13.8. The van der Waals surface area contributed by atoms with Crippen LogP contribution in [0, 0.1) is 11.3 Å². The number of benzene rings is 2. The monoisotopic (exact) mass is 439 g/mol. The molecule has 5 rings (SSSR count). The molecule has 0 N–H and O–H groups in total. The molecular formula is C29H33N3O. The number of carbonyl (C=O) groups excluding carboxylic acids is 1. The molecule has 4 heteroatoms. The van der Waals surface area contributed by atoms with Crippen LogP contribution in [0.3, 0.4) is 0 Å². The van der Waals surface area contributed by atoms with Gasteiger partial charge in [-0.2, -0.15) is 5.26 Å². The third kappa shape index (κ3) is 3.33. The molecular weight excluding hydrogens is 406 g/mol. The van der Waals surface area contributed by atoms with Gasteiger partial charge in [0, 0.05) is 54.5 Å². The molecule has 1 heterocycles. The van der Waals surface area contributed by atoms with E-state index < -0.39 is 0 Å². The largest absolute Gasteiger partial charge is 0.369 e. The zero-order valence-electron chi connectivity index (χ0n) is 20.5. The standard InChI is InChI=1S/C29H33N3O/c1-6-20-14-23-24(16-26(20)32-11-9-31(10-12-32)18(2)3)29(4,5)25-15-21-13-19(17-30)7-8-22(21)27(25)28(23)33/h7-8,13-14,16,18H,6,9-12,15H2,1-5H3. The number of nitriles is 1. The number of hydrogen-bond acceptors (Lipinski definition) is 4. The molecule has 2 aromatic carbocycles. The number of hydrogen-bond donors (Lipinski definition) is 0. The van der Waals surface area contributed by atoms with Crippen LogP contribution in [0.25, 0.3) is 5.57 Å². The molecule has 0 saturated carbocycles. The molecule has 0 unspecified atom stereocenters. The Kier molecular flexibility index (Phi) is 5.21. The minimum Gasteiger partial charge on any atom is -0.369 e. The SMILES string of the molecule is CCc1cc2c(cc1N1CCN(C(C)C)CC1)C(C)(C)C1=C(C2=O)c2ccc(C#N)cc2C1. The van der Waals surface area contributed by atoms with E-state index in [0.717, 1.165) is 66.8 Å². The summed E-state index contributed by atoms with van der Waals surface area (Å²) in [6.45, 7) is 15.4. The Labute approximate surface area is 197 Å². The highest BCUT2D eigenvalue weighted by atomic mass is 16.1. The van der Waals surface area contributed by atoms with Gasteiger partial charge in [-0.15, -0.1) is 0 Å². The molecule has 1 fully saturated rings. The Balaban J connectivity index is 1.57. The fourth-order valence-electron chi connectivity index (χ4n) is 5.98.